The molecule has 2 aromatic rings. The van der Waals surface area contributed by atoms with Gasteiger partial charge in [-0.05, 0) is 79.8 Å². The quantitative estimate of drug-likeness (QED) is 0.420. The van der Waals surface area contributed by atoms with Gasteiger partial charge in [0.05, 0.1) is 23.5 Å². The molecule has 196 valence electrons. The fourth-order valence-corrected chi connectivity index (χ4v) is 6.44. The highest BCUT2D eigenvalue weighted by molar-refractivity contribution is 5.88. The fourth-order valence-electron chi connectivity index (χ4n) is 6.44. The number of benzene rings is 2. The number of carboxylic acid groups (broad SMARTS) is 1. The number of rotatable bonds is 6. The molecule has 36 heavy (non-hydrogen) atoms. The van der Waals surface area contributed by atoms with E-state index >= 15 is 0 Å². The number of hydrogen-bond donors (Lipinski definition) is 1. The molecule has 2 atom stereocenters. The van der Waals surface area contributed by atoms with Gasteiger partial charge in [-0.3, -0.25) is 9.69 Å². The molecule has 2 aliphatic heterocycles. The number of ether oxygens (including phenoxy) is 1. The molecule has 2 bridgehead atoms. The number of hydrogen-bond acceptors (Lipinski definition) is 3. The molecule has 9 heteroatoms. The minimum absolute atomic E-state index is 0.0366. The predicted octanol–water partition coefficient (Wildman–Crippen LogP) is 7.10. The molecule has 3 fully saturated rings. The number of aliphatic carboxylic acids is 1. The Morgan fingerprint density at radius 1 is 1.00 bits per heavy atom. The van der Waals surface area contributed by atoms with Crippen LogP contribution in [0, 0.1) is 11.8 Å². The van der Waals surface area contributed by atoms with Gasteiger partial charge in [0.2, 0.25) is 0 Å². The number of halogens is 5. The first kappa shape index (κ1) is 25.2. The van der Waals surface area contributed by atoms with Gasteiger partial charge in [0.25, 0.3) is 6.43 Å². The standard InChI is InChI=1S/C27H30F5NO3/c28-25(29)24-22-9-1-15(14-33-19-5-6-20(33)13-17(12-19)26(34)35)11-16(22)2-10-23(24)36-21-7-3-18(4-8-21)27(30,31)32/h1-2,9-11,17-21,25H,3-8,12-14H2,(H,34,35)/t17?,18-,19?,20?,21+. The minimum Gasteiger partial charge on any atom is -0.490 e. The SMILES string of the molecule is O=C(O)C1CC2CCC(C1)N2Cc1ccc2c(C(F)F)c(O[C@H]3CC[C@@H](C(F)(F)F)CC3)ccc2c1. The van der Waals surface area contributed by atoms with Gasteiger partial charge in [-0.2, -0.15) is 13.2 Å². The van der Waals surface area contributed by atoms with Crippen LogP contribution in [-0.4, -0.2) is 40.3 Å². The average Bonchev–Trinajstić information content (AvgIpc) is 3.04. The molecule has 1 N–H and O–H groups in total. The Bertz CT molecular complexity index is 1100. The summed E-state index contributed by atoms with van der Waals surface area (Å²) < 4.78 is 72.9. The summed E-state index contributed by atoms with van der Waals surface area (Å²) in [5.41, 5.74) is 0.756. The van der Waals surface area contributed by atoms with Gasteiger partial charge >= 0.3 is 12.1 Å². The van der Waals surface area contributed by atoms with Gasteiger partial charge in [-0.25, -0.2) is 8.78 Å². The lowest BCUT2D eigenvalue weighted by molar-refractivity contribution is -0.185. The van der Waals surface area contributed by atoms with E-state index in [1.165, 1.54) is 6.07 Å². The molecule has 3 aliphatic rings. The van der Waals surface area contributed by atoms with Crippen LogP contribution in [0.1, 0.15) is 68.9 Å². The maximum Gasteiger partial charge on any atom is 0.391 e. The van der Waals surface area contributed by atoms with Crippen molar-refractivity contribution in [3.8, 4) is 5.75 Å². The van der Waals surface area contributed by atoms with E-state index in [4.69, 9.17) is 4.74 Å². The Hall–Kier alpha value is -2.42. The second kappa shape index (κ2) is 9.80. The highest BCUT2D eigenvalue weighted by Crippen LogP contribution is 2.42. The van der Waals surface area contributed by atoms with Crippen LogP contribution < -0.4 is 4.74 Å². The molecular formula is C27H30F5NO3. The Morgan fingerprint density at radius 2 is 1.67 bits per heavy atom. The summed E-state index contributed by atoms with van der Waals surface area (Å²) >= 11 is 0. The monoisotopic (exact) mass is 511 g/mol. The molecule has 2 aromatic carbocycles. The predicted molar refractivity (Wildman–Crippen MR) is 124 cm³/mol. The maximum atomic E-state index is 14.1. The number of carbonyl (C=O) groups is 1. The Morgan fingerprint density at radius 3 is 2.25 bits per heavy atom. The van der Waals surface area contributed by atoms with Crippen molar-refractivity contribution in [1.82, 2.24) is 4.90 Å². The van der Waals surface area contributed by atoms with E-state index in [2.05, 4.69) is 4.90 Å². The van der Waals surface area contributed by atoms with Gasteiger partial charge < -0.3 is 9.84 Å². The van der Waals surface area contributed by atoms with Crippen LogP contribution in [0.2, 0.25) is 0 Å². The molecule has 1 saturated carbocycles. The molecule has 0 aromatic heterocycles. The molecule has 0 amide bonds. The van der Waals surface area contributed by atoms with Crippen LogP contribution >= 0.6 is 0 Å². The molecule has 2 unspecified atom stereocenters. The Kier molecular flexibility index (Phi) is 6.87. The smallest absolute Gasteiger partial charge is 0.391 e. The third-order valence-electron chi connectivity index (χ3n) is 8.33. The molecule has 2 saturated heterocycles. The summed E-state index contributed by atoms with van der Waals surface area (Å²) in [6.07, 6.45) is -4.04. The van der Waals surface area contributed by atoms with Crippen LogP contribution in [-0.2, 0) is 11.3 Å². The number of piperidine rings is 1. The number of fused-ring (bicyclic) bond motifs is 3. The maximum absolute atomic E-state index is 14.1. The van der Waals surface area contributed by atoms with E-state index < -0.39 is 30.6 Å². The van der Waals surface area contributed by atoms with Crippen LogP contribution in [0.25, 0.3) is 10.8 Å². The molecule has 1 aliphatic carbocycles. The van der Waals surface area contributed by atoms with Gasteiger partial charge in [0.15, 0.2) is 0 Å². The van der Waals surface area contributed by atoms with Gasteiger partial charge in [0, 0.05) is 18.6 Å². The van der Waals surface area contributed by atoms with Crippen molar-refractivity contribution in [3.63, 3.8) is 0 Å². The lowest BCUT2D eigenvalue weighted by atomic mass is 9.87. The highest BCUT2D eigenvalue weighted by atomic mass is 19.4. The highest BCUT2D eigenvalue weighted by Gasteiger charge is 2.43. The molecular weight excluding hydrogens is 481 g/mol. The van der Waals surface area contributed by atoms with Crippen molar-refractivity contribution < 1.29 is 36.6 Å². The van der Waals surface area contributed by atoms with E-state index in [9.17, 15) is 31.9 Å². The van der Waals surface area contributed by atoms with Gasteiger partial charge in [-0.1, -0.05) is 18.2 Å². The zero-order chi connectivity index (χ0) is 25.6. The zero-order valence-electron chi connectivity index (χ0n) is 19.8. The largest absolute Gasteiger partial charge is 0.490 e. The Balaban J connectivity index is 1.32. The number of carboxylic acids is 1. The van der Waals surface area contributed by atoms with Crippen molar-refractivity contribution in [1.29, 1.82) is 0 Å². The topological polar surface area (TPSA) is 49.8 Å². The van der Waals surface area contributed by atoms with Crippen molar-refractivity contribution in [2.75, 3.05) is 0 Å². The molecule has 5 rings (SSSR count). The molecule has 0 spiro atoms. The van der Waals surface area contributed by atoms with Crippen molar-refractivity contribution >= 4 is 16.7 Å². The summed E-state index contributed by atoms with van der Waals surface area (Å²) in [4.78, 5) is 13.8. The van der Waals surface area contributed by atoms with Gasteiger partial charge in [0.1, 0.15) is 5.75 Å². The van der Waals surface area contributed by atoms with E-state index in [0.717, 1.165) is 18.4 Å². The summed E-state index contributed by atoms with van der Waals surface area (Å²) in [7, 11) is 0. The first-order valence-corrected chi connectivity index (χ1v) is 12.7. The minimum atomic E-state index is -4.23. The zero-order valence-corrected chi connectivity index (χ0v) is 19.8. The Labute approximate surface area is 206 Å². The van der Waals surface area contributed by atoms with Crippen LogP contribution in [0.15, 0.2) is 30.3 Å². The third kappa shape index (κ3) is 5.04. The van der Waals surface area contributed by atoms with Crippen molar-refractivity contribution in [2.45, 2.75) is 88.7 Å². The van der Waals surface area contributed by atoms with Crippen LogP contribution in [0.4, 0.5) is 22.0 Å². The van der Waals surface area contributed by atoms with E-state index in [-0.39, 0.29) is 55.0 Å². The normalized spacial score (nSPS) is 29.1. The summed E-state index contributed by atoms with van der Waals surface area (Å²) in [6.45, 7) is 0.641. The first-order valence-electron chi connectivity index (χ1n) is 12.7. The van der Waals surface area contributed by atoms with Crippen molar-refractivity contribution in [2.24, 2.45) is 11.8 Å². The van der Waals surface area contributed by atoms with E-state index in [1.54, 1.807) is 12.1 Å². The summed E-state index contributed by atoms with van der Waals surface area (Å²) in [5, 5.41) is 10.4. The third-order valence-corrected chi connectivity index (χ3v) is 8.33. The van der Waals surface area contributed by atoms with E-state index in [1.807, 2.05) is 12.1 Å². The lowest BCUT2D eigenvalue weighted by Crippen LogP contribution is -2.44. The molecule has 0 radical (unpaired) electrons. The van der Waals surface area contributed by atoms with E-state index in [0.29, 0.717) is 30.2 Å². The molecule has 2 heterocycles. The second-order valence-corrected chi connectivity index (χ2v) is 10.5. The second-order valence-electron chi connectivity index (χ2n) is 10.5. The van der Waals surface area contributed by atoms with Crippen LogP contribution in [0.3, 0.4) is 0 Å². The first-order chi connectivity index (χ1) is 17.1. The number of nitrogens with zero attached hydrogens (tertiary/aromatic N) is 1. The summed E-state index contributed by atoms with van der Waals surface area (Å²) in [6, 6.07) is 9.07. The fraction of sp³-hybridized carbons (Fsp3) is 0.593. The average molecular weight is 512 g/mol. The van der Waals surface area contributed by atoms with Crippen LogP contribution in [0.5, 0.6) is 5.75 Å². The number of alkyl halides is 5. The van der Waals surface area contributed by atoms with Crippen molar-refractivity contribution in [3.05, 3.63) is 41.5 Å². The lowest BCUT2D eigenvalue weighted by Gasteiger charge is -2.37. The van der Waals surface area contributed by atoms with Gasteiger partial charge in [-0.15, -0.1) is 0 Å². The molecule has 4 nitrogen and oxygen atoms in total. The summed E-state index contributed by atoms with van der Waals surface area (Å²) in [5.74, 6) is -2.35.